The Balaban J connectivity index is 1.75. The fraction of sp³-hybridized carbons (Fsp3) is 0.118. The number of urea groups is 1. The number of aryl methyl sites for hydroxylation is 1. The number of rotatable bonds is 2. The van der Waals surface area contributed by atoms with Crippen molar-refractivity contribution < 1.29 is 4.79 Å². The smallest absolute Gasteiger partial charge is 0.304 e. The predicted octanol–water partition coefficient (Wildman–Crippen LogP) is 3.44. The first kappa shape index (κ1) is 14.0. The van der Waals surface area contributed by atoms with Gasteiger partial charge in [-0.1, -0.05) is 35.9 Å². The van der Waals surface area contributed by atoms with Crippen molar-refractivity contribution in [2.75, 3.05) is 0 Å². The Morgan fingerprint density at radius 3 is 2.96 bits per heavy atom. The summed E-state index contributed by atoms with van der Waals surface area (Å²) in [5, 5.41) is 7.82. The van der Waals surface area contributed by atoms with Crippen LogP contribution in [0.2, 0.25) is 5.02 Å². The SMILES string of the molecule is Cn1ccc(-c2cccc(C3C=CC4=NC(=O)NC4=C3)c2Cl)n1. The molecule has 0 fully saturated rings. The molecule has 1 aromatic carbocycles. The molecule has 2 aromatic rings. The van der Waals surface area contributed by atoms with Crippen molar-refractivity contribution in [3.63, 3.8) is 0 Å². The van der Waals surface area contributed by atoms with Crippen molar-refractivity contribution in [2.24, 2.45) is 12.0 Å². The lowest BCUT2D eigenvalue weighted by Gasteiger charge is -2.17. The molecule has 1 atom stereocenters. The fourth-order valence-electron chi connectivity index (χ4n) is 2.82. The maximum Gasteiger partial charge on any atom is 0.346 e. The summed E-state index contributed by atoms with van der Waals surface area (Å²) in [6.07, 6.45) is 7.69. The molecule has 1 N–H and O–H groups in total. The van der Waals surface area contributed by atoms with E-state index in [2.05, 4.69) is 15.4 Å². The number of hydrogen-bond donors (Lipinski definition) is 1. The van der Waals surface area contributed by atoms with Gasteiger partial charge in [0.05, 0.1) is 22.1 Å². The summed E-state index contributed by atoms with van der Waals surface area (Å²) >= 11 is 6.63. The largest absolute Gasteiger partial charge is 0.346 e. The fourth-order valence-corrected chi connectivity index (χ4v) is 3.17. The Kier molecular flexibility index (Phi) is 3.16. The molecular formula is C17H13ClN4O. The van der Waals surface area contributed by atoms with Gasteiger partial charge in [-0.05, 0) is 23.8 Å². The van der Waals surface area contributed by atoms with Crippen LogP contribution in [0.25, 0.3) is 11.3 Å². The van der Waals surface area contributed by atoms with E-state index < -0.39 is 0 Å². The lowest BCUT2D eigenvalue weighted by atomic mass is 9.91. The van der Waals surface area contributed by atoms with Gasteiger partial charge in [0, 0.05) is 24.7 Å². The zero-order valence-corrected chi connectivity index (χ0v) is 13.1. The molecule has 114 valence electrons. The molecule has 1 aliphatic carbocycles. The third kappa shape index (κ3) is 2.39. The van der Waals surface area contributed by atoms with Gasteiger partial charge in [-0.15, -0.1) is 0 Å². The van der Waals surface area contributed by atoms with E-state index >= 15 is 0 Å². The van der Waals surface area contributed by atoms with Crippen molar-refractivity contribution >= 4 is 23.3 Å². The molecule has 6 heteroatoms. The van der Waals surface area contributed by atoms with Crippen LogP contribution in [0.1, 0.15) is 11.5 Å². The zero-order valence-electron chi connectivity index (χ0n) is 12.3. The van der Waals surface area contributed by atoms with Crippen LogP contribution >= 0.6 is 11.6 Å². The number of carbonyl (C=O) groups is 1. The van der Waals surface area contributed by atoms with E-state index in [0.29, 0.717) is 10.7 Å². The van der Waals surface area contributed by atoms with E-state index in [4.69, 9.17) is 11.6 Å². The molecule has 2 aliphatic rings. The number of carbonyl (C=O) groups excluding carboxylic acids is 1. The molecule has 0 saturated carbocycles. The molecule has 2 heterocycles. The molecule has 0 spiro atoms. The normalized spacial score (nSPS) is 19.2. The average molecular weight is 325 g/mol. The van der Waals surface area contributed by atoms with Crippen molar-refractivity contribution in [3.05, 3.63) is 65.0 Å². The highest BCUT2D eigenvalue weighted by Crippen LogP contribution is 2.36. The number of amides is 2. The molecule has 2 amide bonds. The summed E-state index contributed by atoms with van der Waals surface area (Å²) in [6.45, 7) is 0. The zero-order chi connectivity index (χ0) is 16.0. The van der Waals surface area contributed by atoms with Crippen LogP contribution in [-0.4, -0.2) is 21.5 Å². The van der Waals surface area contributed by atoms with Gasteiger partial charge in [-0.25, -0.2) is 4.79 Å². The van der Waals surface area contributed by atoms with E-state index in [9.17, 15) is 4.79 Å². The number of nitrogens with zero attached hydrogens (tertiary/aromatic N) is 3. The lowest BCUT2D eigenvalue weighted by Crippen LogP contribution is -2.17. The van der Waals surface area contributed by atoms with Crippen molar-refractivity contribution in [3.8, 4) is 11.3 Å². The van der Waals surface area contributed by atoms with Crippen LogP contribution in [-0.2, 0) is 7.05 Å². The Labute approximate surface area is 138 Å². The Morgan fingerprint density at radius 2 is 2.17 bits per heavy atom. The highest BCUT2D eigenvalue weighted by Gasteiger charge is 2.24. The summed E-state index contributed by atoms with van der Waals surface area (Å²) in [7, 11) is 1.87. The number of aromatic nitrogens is 2. The van der Waals surface area contributed by atoms with E-state index in [1.54, 1.807) is 4.68 Å². The summed E-state index contributed by atoms with van der Waals surface area (Å²) in [5.74, 6) is -0.0153. The summed E-state index contributed by atoms with van der Waals surface area (Å²) in [5.41, 5.74) is 4.11. The second-order valence-corrected chi connectivity index (χ2v) is 5.85. The molecule has 1 aliphatic heterocycles. The second kappa shape index (κ2) is 5.21. The summed E-state index contributed by atoms with van der Waals surface area (Å²) < 4.78 is 1.75. The van der Waals surface area contributed by atoms with Gasteiger partial charge in [-0.3, -0.25) is 4.68 Å². The van der Waals surface area contributed by atoms with E-state index in [1.807, 2.05) is 55.7 Å². The van der Waals surface area contributed by atoms with Crippen molar-refractivity contribution in [2.45, 2.75) is 5.92 Å². The van der Waals surface area contributed by atoms with Gasteiger partial charge in [0.1, 0.15) is 0 Å². The minimum atomic E-state index is -0.329. The molecule has 4 rings (SSSR count). The molecular weight excluding hydrogens is 312 g/mol. The number of allylic oxidation sites excluding steroid dienone is 3. The van der Waals surface area contributed by atoms with Gasteiger partial charge in [-0.2, -0.15) is 10.1 Å². The van der Waals surface area contributed by atoms with E-state index in [1.165, 1.54) is 0 Å². The van der Waals surface area contributed by atoms with Gasteiger partial charge in [0.15, 0.2) is 0 Å². The van der Waals surface area contributed by atoms with Gasteiger partial charge in [0.25, 0.3) is 0 Å². The number of fused-ring (bicyclic) bond motifs is 1. The summed E-state index contributed by atoms with van der Waals surface area (Å²) in [6, 6.07) is 7.51. The topological polar surface area (TPSA) is 59.3 Å². The average Bonchev–Trinajstić information content (AvgIpc) is 3.11. The highest BCUT2D eigenvalue weighted by molar-refractivity contribution is 6.34. The highest BCUT2D eigenvalue weighted by atomic mass is 35.5. The van der Waals surface area contributed by atoms with Crippen LogP contribution in [0.3, 0.4) is 0 Å². The second-order valence-electron chi connectivity index (χ2n) is 5.48. The third-order valence-electron chi connectivity index (χ3n) is 3.92. The Morgan fingerprint density at radius 1 is 1.30 bits per heavy atom. The van der Waals surface area contributed by atoms with E-state index in [-0.39, 0.29) is 11.9 Å². The first-order valence-corrected chi connectivity index (χ1v) is 7.58. The number of hydrogen-bond acceptors (Lipinski definition) is 2. The standard InChI is InChI=1S/C17H13ClN4O/c1-22-8-7-13(21-22)12-4-2-3-11(16(12)18)10-5-6-14-15(9-10)20-17(23)19-14/h2-10H,1H3,(H,20,23). The minimum absolute atomic E-state index is 0.0153. The molecule has 0 bridgehead atoms. The van der Waals surface area contributed by atoms with Gasteiger partial charge < -0.3 is 5.32 Å². The monoisotopic (exact) mass is 324 g/mol. The molecule has 1 aromatic heterocycles. The quantitative estimate of drug-likeness (QED) is 0.920. The molecule has 0 radical (unpaired) electrons. The molecule has 1 unspecified atom stereocenters. The first-order chi connectivity index (χ1) is 11.1. The van der Waals surface area contributed by atoms with Crippen molar-refractivity contribution in [1.82, 2.24) is 15.1 Å². The first-order valence-electron chi connectivity index (χ1n) is 7.20. The van der Waals surface area contributed by atoms with Crippen LogP contribution in [0.5, 0.6) is 0 Å². The van der Waals surface area contributed by atoms with Gasteiger partial charge in [0.2, 0.25) is 0 Å². The van der Waals surface area contributed by atoms with Crippen LogP contribution in [0, 0.1) is 0 Å². The Bertz CT molecular complexity index is 907. The molecule has 23 heavy (non-hydrogen) atoms. The molecule has 0 saturated heterocycles. The predicted molar refractivity (Wildman–Crippen MR) is 89.6 cm³/mol. The summed E-state index contributed by atoms with van der Waals surface area (Å²) in [4.78, 5) is 15.2. The number of benzene rings is 1. The van der Waals surface area contributed by atoms with Gasteiger partial charge >= 0.3 is 6.03 Å². The van der Waals surface area contributed by atoms with Crippen LogP contribution in [0.15, 0.2) is 59.4 Å². The van der Waals surface area contributed by atoms with Crippen LogP contribution < -0.4 is 5.32 Å². The lowest BCUT2D eigenvalue weighted by molar-refractivity contribution is 0.253. The maximum atomic E-state index is 11.4. The van der Waals surface area contributed by atoms with E-state index in [0.717, 1.165) is 22.5 Å². The Hall–Kier alpha value is -2.66. The third-order valence-corrected chi connectivity index (χ3v) is 4.35. The van der Waals surface area contributed by atoms with Crippen molar-refractivity contribution in [1.29, 1.82) is 0 Å². The number of nitrogens with one attached hydrogen (secondary N) is 1. The number of halogens is 1. The minimum Gasteiger partial charge on any atom is -0.304 e. The molecule has 5 nitrogen and oxygen atoms in total. The maximum absolute atomic E-state index is 11.4. The van der Waals surface area contributed by atoms with Crippen LogP contribution in [0.4, 0.5) is 4.79 Å². The number of aliphatic imine (C=N–C) groups is 1.